The summed E-state index contributed by atoms with van der Waals surface area (Å²) in [6, 6.07) is 28.4. The number of ether oxygens (including phenoxy) is 4. The van der Waals surface area contributed by atoms with E-state index in [1.807, 2.05) is 61.5 Å². The number of para-hydroxylation sites is 1. The molecule has 0 saturated carbocycles. The molecule has 1 saturated heterocycles. The molecule has 15 heteroatoms. The first kappa shape index (κ1) is 45.6. The largest absolute Gasteiger partial charge is 0.491 e. The third-order valence-corrected chi connectivity index (χ3v) is 12.9. The summed E-state index contributed by atoms with van der Waals surface area (Å²) >= 11 is 8.48. The first-order chi connectivity index (χ1) is 31.7. The predicted molar refractivity (Wildman–Crippen MR) is 250 cm³/mol. The third kappa shape index (κ3) is 10.9. The minimum Gasteiger partial charge on any atom is -0.491 e. The van der Waals surface area contributed by atoms with Gasteiger partial charge < -0.3 is 34.1 Å². The lowest BCUT2D eigenvalue weighted by molar-refractivity contribution is -0.145. The molecule has 4 heterocycles. The second-order valence-electron chi connectivity index (χ2n) is 15.7. The van der Waals surface area contributed by atoms with E-state index in [2.05, 4.69) is 21.8 Å². The topological polar surface area (TPSA) is 140 Å². The van der Waals surface area contributed by atoms with Gasteiger partial charge in [-0.3, -0.25) is 4.90 Å². The number of carbonyl (C=O) groups is 1. The Morgan fingerprint density at radius 2 is 1.58 bits per heavy atom. The quantitative estimate of drug-likeness (QED) is 0.0749. The number of hydrogen-bond acceptors (Lipinski definition) is 12. The SMILES string of the molecule is Cc1c(-c2c(-c3ccc(F)cc3)sc3nccc(OC(Cc4ccccc4OCc4ccnc(-c5ccccc5COCCO)n4)C(=O)O)c23)ccc(OCCN2CCN(C)CC2)c1Cl. The van der Waals surface area contributed by atoms with E-state index in [1.165, 1.54) is 23.5 Å². The summed E-state index contributed by atoms with van der Waals surface area (Å²) in [6.45, 7) is 7.72. The van der Waals surface area contributed by atoms with E-state index in [9.17, 15) is 14.3 Å². The van der Waals surface area contributed by atoms with Crippen molar-refractivity contribution >= 4 is 39.1 Å². The summed E-state index contributed by atoms with van der Waals surface area (Å²) in [4.78, 5) is 33.1. The fourth-order valence-electron chi connectivity index (χ4n) is 7.77. The zero-order chi connectivity index (χ0) is 45.3. The zero-order valence-electron chi connectivity index (χ0n) is 36.1. The lowest BCUT2D eigenvalue weighted by Crippen LogP contribution is -2.45. The van der Waals surface area contributed by atoms with Crippen molar-refractivity contribution in [2.24, 2.45) is 0 Å². The average molecular weight is 918 g/mol. The number of halogens is 2. The van der Waals surface area contributed by atoms with Gasteiger partial charge in [-0.1, -0.05) is 72.3 Å². The number of aliphatic hydroxyl groups excluding tert-OH is 1. The lowest BCUT2D eigenvalue weighted by Gasteiger charge is -2.32. The molecule has 0 spiro atoms. The number of piperazine rings is 1. The van der Waals surface area contributed by atoms with Crippen LogP contribution >= 0.6 is 22.9 Å². The van der Waals surface area contributed by atoms with Crippen LogP contribution in [0.1, 0.15) is 22.4 Å². The minimum absolute atomic E-state index is 0.0269. The molecule has 0 aliphatic carbocycles. The second-order valence-corrected chi connectivity index (χ2v) is 17.1. The number of hydrogen-bond donors (Lipinski definition) is 2. The number of benzene rings is 4. The van der Waals surface area contributed by atoms with Crippen molar-refractivity contribution in [1.29, 1.82) is 0 Å². The van der Waals surface area contributed by atoms with Crippen LogP contribution in [0.2, 0.25) is 5.02 Å². The van der Waals surface area contributed by atoms with Crippen molar-refractivity contribution in [3.05, 3.63) is 143 Å². The molecule has 12 nitrogen and oxygen atoms in total. The van der Waals surface area contributed by atoms with Gasteiger partial charge >= 0.3 is 5.97 Å². The molecule has 1 fully saturated rings. The molecule has 0 bridgehead atoms. The number of fused-ring (bicyclic) bond motifs is 1. The van der Waals surface area contributed by atoms with Crippen LogP contribution in [0.3, 0.4) is 0 Å². The highest BCUT2D eigenvalue weighted by Crippen LogP contribution is 2.50. The predicted octanol–water partition coefficient (Wildman–Crippen LogP) is 8.98. The maximum atomic E-state index is 14.2. The zero-order valence-corrected chi connectivity index (χ0v) is 37.7. The second kappa shape index (κ2) is 21.3. The first-order valence-corrected chi connectivity index (χ1v) is 22.6. The molecule has 65 heavy (non-hydrogen) atoms. The van der Waals surface area contributed by atoms with E-state index in [0.717, 1.165) is 71.0 Å². The van der Waals surface area contributed by atoms with Gasteiger partial charge in [0.05, 0.1) is 35.9 Å². The number of pyridine rings is 1. The maximum absolute atomic E-state index is 14.2. The van der Waals surface area contributed by atoms with Gasteiger partial charge in [-0.15, -0.1) is 11.3 Å². The van der Waals surface area contributed by atoms with Crippen LogP contribution in [0.5, 0.6) is 17.2 Å². The Labute approximate surface area is 385 Å². The highest BCUT2D eigenvalue weighted by Gasteiger charge is 2.28. The molecule has 336 valence electrons. The van der Waals surface area contributed by atoms with Gasteiger partial charge in [0.1, 0.15) is 41.1 Å². The van der Waals surface area contributed by atoms with Gasteiger partial charge in [0.15, 0.2) is 11.9 Å². The first-order valence-electron chi connectivity index (χ1n) is 21.4. The molecular weight excluding hydrogens is 869 g/mol. The number of carboxylic acids is 1. The monoisotopic (exact) mass is 917 g/mol. The van der Waals surface area contributed by atoms with Crippen molar-refractivity contribution in [3.63, 3.8) is 0 Å². The molecule has 7 aromatic rings. The maximum Gasteiger partial charge on any atom is 0.345 e. The van der Waals surface area contributed by atoms with Crippen molar-refractivity contribution < 1.29 is 38.3 Å². The van der Waals surface area contributed by atoms with E-state index in [-0.39, 0.29) is 32.1 Å². The fourth-order valence-corrected chi connectivity index (χ4v) is 9.17. The van der Waals surface area contributed by atoms with Gasteiger partial charge in [0.25, 0.3) is 0 Å². The fraction of sp³-hybridized carbons (Fsp3) is 0.280. The Morgan fingerprint density at radius 1 is 0.831 bits per heavy atom. The normalized spacial score (nSPS) is 13.8. The van der Waals surface area contributed by atoms with Crippen molar-refractivity contribution in [2.75, 3.05) is 59.6 Å². The van der Waals surface area contributed by atoms with Crippen LogP contribution in [0.25, 0.3) is 43.2 Å². The lowest BCUT2D eigenvalue weighted by atomic mass is 9.95. The van der Waals surface area contributed by atoms with Gasteiger partial charge in [-0.25, -0.2) is 24.1 Å². The molecule has 3 aromatic heterocycles. The van der Waals surface area contributed by atoms with E-state index < -0.39 is 12.1 Å². The standard InChI is InChI=1S/C50H49ClFN5O7S/c1-32-38(15-16-42(46(32)51)62-27-25-57-23-21-56(2)22-24-57)44-45-41(18-20-54-49(45)65-47(44)33-11-13-36(52)14-12-33)64-43(50(59)60)29-34-7-4-6-10-40(34)63-31-37-17-19-53-48(55-37)39-9-5-3-8-35(39)30-61-28-26-58/h3-20,43,58H,21-31H2,1-2H3,(H,59,60). The average Bonchev–Trinajstić information content (AvgIpc) is 3.71. The Morgan fingerprint density at radius 3 is 2.37 bits per heavy atom. The van der Waals surface area contributed by atoms with E-state index in [0.29, 0.717) is 62.8 Å². The Kier molecular flexibility index (Phi) is 14.9. The van der Waals surface area contributed by atoms with Gasteiger partial charge in [0.2, 0.25) is 0 Å². The minimum atomic E-state index is -1.33. The van der Waals surface area contributed by atoms with Crippen LogP contribution in [0.4, 0.5) is 4.39 Å². The van der Waals surface area contributed by atoms with Crippen molar-refractivity contribution in [3.8, 4) is 50.2 Å². The molecule has 2 N–H and O–H groups in total. The number of carboxylic acid groups (broad SMARTS) is 1. The van der Waals surface area contributed by atoms with E-state index in [4.69, 9.17) is 45.6 Å². The molecular formula is C50H49ClFN5O7S. The van der Waals surface area contributed by atoms with E-state index in [1.54, 1.807) is 42.7 Å². The molecule has 0 amide bonds. The van der Waals surface area contributed by atoms with Gasteiger partial charge in [-0.2, -0.15) is 0 Å². The van der Waals surface area contributed by atoms with E-state index >= 15 is 0 Å². The summed E-state index contributed by atoms with van der Waals surface area (Å²) in [5.74, 6) is 0.329. The summed E-state index contributed by atoms with van der Waals surface area (Å²) in [7, 11) is 2.13. The molecule has 1 atom stereocenters. The number of aliphatic hydroxyl groups is 1. The van der Waals surface area contributed by atoms with Crippen LogP contribution in [-0.4, -0.2) is 107 Å². The summed E-state index contributed by atoms with van der Waals surface area (Å²) in [5, 5.41) is 20.9. The highest BCUT2D eigenvalue weighted by atomic mass is 35.5. The van der Waals surface area contributed by atoms with Gasteiger partial charge in [0, 0.05) is 67.5 Å². The number of aromatic nitrogens is 3. The molecule has 0 radical (unpaired) electrons. The summed E-state index contributed by atoms with van der Waals surface area (Å²) in [5.41, 5.74) is 5.95. The number of rotatable bonds is 19. The number of aliphatic carboxylic acids is 1. The number of nitrogens with zero attached hydrogens (tertiary/aromatic N) is 5. The Hall–Kier alpha value is -6.00. The Balaban J connectivity index is 1.06. The summed E-state index contributed by atoms with van der Waals surface area (Å²) < 4.78 is 38.9. The molecule has 8 rings (SSSR count). The highest BCUT2D eigenvalue weighted by molar-refractivity contribution is 7.22. The molecule has 4 aromatic carbocycles. The third-order valence-electron chi connectivity index (χ3n) is 11.3. The Bertz CT molecular complexity index is 2750. The van der Waals surface area contributed by atoms with Crippen LogP contribution in [0, 0.1) is 12.7 Å². The van der Waals surface area contributed by atoms with Crippen LogP contribution in [0.15, 0.2) is 109 Å². The number of likely N-dealkylation sites (N-methyl/N-ethyl adjacent to an activating group) is 1. The summed E-state index contributed by atoms with van der Waals surface area (Å²) in [6.07, 6.45) is 1.90. The van der Waals surface area contributed by atoms with Gasteiger partial charge in [-0.05, 0) is 78.2 Å². The van der Waals surface area contributed by atoms with Crippen LogP contribution in [-0.2, 0) is 29.2 Å². The van der Waals surface area contributed by atoms with Crippen LogP contribution < -0.4 is 14.2 Å². The molecule has 1 unspecified atom stereocenters. The van der Waals surface area contributed by atoms with Crippen molar-refractivity contribution in [2.45, 2.75) is 32.7 Å². The smallest absolute Gasteiger partial charge is 0.345 e. The molecule has 1 aliphatic heterocycles. The number of thiophene rings is 1. The van der Waals surface area contributed by atoms with Crippen molar-refractivity contribution in [1.82, 2.24) is 24.8 Å². The molecule has 1 aliphatic rings.